The number of epoxide rings is 1. The standard InChI is InChI=1S/C24H48O7.C3H6O/c1-2-3-4-5-6-7-8-9-10-11-12-13-14-15-16-17-22(29)31-24(21(28)19-26)23(30)20(27)18-25;1-3-2-4-3/h20-21,23-28,30H,2-19H2,1H3;3H,2H2,1H3/t20-,21+,23+,24+;/m0./s1. The van der Waals surface area contributed by atoms with Crippen molar-refractivity contribution < 1.29 is 39.8 Å². The number of unbranched alkanes of at least 4 members (excludes halogenated alkanes) is 14. The van der Waals surface area contributed by atoms with Gasteiger partial charge in [0, 0.05) is 6.42 Å². The highest BCUT2D eigenvalue weighted by molar-refractivity contribution is 5.69. The van der Waals surface area contributed by atoms with Crippen LogP contribution in [0.5, 0.6) is 0 Å². The molecule has 1 unspecified atom stereocenters. The van der Waals surface area contributed by atoms with Crippen LogP contribution in [0.2, 0.25) is 0 Å². The van der Waals surface area contributed by atoms with Crippen LogP contribution in [0.4, 0.5) is 0 Å². The Hall–Kier alpha value is -0.770. The van der Waals surface area contributed by atoms with Crippen molar-refractivity contribution in [2.75, 3.05) is 19.8 Å². The van der Waals surface area contributed by atoms with Gasteiger partial charge in [0.2, 0.25) is 0 Å². The second-order valence-electron chi connectivity index (χ2n) is 9.79. The Labute approximate surface area is 213 Å². The first kappa shape index (κ1) is 34.2. The molecule has 0 saturated carbocycles. The summed E-state index contributed by atoms with van der Waals surface area (Å²) in [7, 11) is 0. The van der Waals surface area contributed by atoms with Crippen molar-refractivity contribution >= 4 is 5.97 Å². The van der Waals surface area contributed by atoms with E-state index in [-0.39, 0.29) is 6.42 Å². The minimum atomic E-state index is -1.67. The molecule has 0 aromatic heterocycles. The zero-order valence-electron chi connectivity index (χ0n) is 22.3. The molecule has 35 heavy (non-hydrogen) atoms. The van der Waals surface area contributed by atoms with E-state index in [0.717, 1.165) is 25.9 Å². The zero-order valence-corrected chi connectivity index (χ0v) is 22.3. The molecule has 8 nitrogen and oxygen atoms in total. The average Bonchev–Trinajstić information content (AvgIpc) is 3.65. The van der Waals surface area contributed by atoms with E-state index in [1.807, 2.05) is 0 Å². The van der Waals surface area contributed by atoms with Gasteiger partial charge in [-0.1, -0.05) is 96.8 Å². The number of hydrogen-bond acceptors (Lipinski definition) is 8. The molecule has 0 aromatic rings. The Morgan fingerprint density at radius 3 is 1.49 bits per heavy atom. The predicted molar refractivity (Wildman–Crippen MR) is 137 cm³/mol. The van der Waals surface area contributed by atoms with E-state index in [2.05, 4.69) is 13.8 Å². The molecule has 1 rings (SSSR count). The topological polar surface area (TPSA) is 140 Å². The molecule has 1 saturated heterocycles. The molecule has 1 fully saturated rings. The van der Waals surface area contributed by atoms with Crippen LogP contribution in [0, 0.1) is 0 Å². The van der Waals surface area contributed by atoms with Crippen LogP contribution >= 0.6 is 0 Å². The molecule has 0 amide bonds. The summed E-state index contributed by atoms with van der Waals surface area (Å²) in [5.74, 6) is -0.601. The normalized spacial score (nSPS) is 18.2. The molecule has 5 N–H and O–H groups in total. The van der Waals surface area contributed by atoms with Gasteiger partial charge in [0.05, 0.1) is 25.9 Å². The number of carbonyl (C=O) groups excluding carboxylic acids is 1. The fourth-order valence-corrected chi connectivity index (χ4v) is 3.75. The highest BCUT2D eigenvalue weighted by Crippen LogP contribution is 2.15. The van der Waals surface area contributed by atoms with Crippen molar-refractivity contribution in [3.8, 4) is 0 Å². The van der Waals surface area contributed by atoms with Crippen LogP contribution in [-0.2, 0) is 14.3 Å². The van der Waals surface area contributed by atoms with Crippen molar-refractivity contribution in [2.45, 2.75) is 147 Å². The van der Waals surface area contributed by atoms with Crippen molar-refractivity contribution in [3.05, 3.63) is 0 Å². The maximum atomic E-state index is 12.0. The second-order valence-corrected chi connectivity index (χ2v) is 9.79. The number of ether oxygens (including phenoxy) is 2. The van der Waals surface area contributed by atoms with Crippen LogP contribution < -0.4 is 0 Å². The van der Waals surface area contributed by atoms with Crippen LogP contribution in [0.25, 0.3) is 0 Å². The molecule has 0 aromatic carbocycles. The van der Waals surface area contributed by atoms with Gasteiger partial charge in [-0.05, 0) is 13.3 Å². The first-order chi connectivity index (χ1) is 16.9. The Balaban J connectivity index is 0.00000259. The van der Waals surface area contributed by atoms with Gasteiger partial charge in [0.1, 0.15) is 18.3 Å². The molecule has 1 aliphatic rings. The van der Waals surface area contributed by atoms with Crippen LogP contribution in [0.15, 0.2) is 0 Å². The van der Waals surface area contributed by atoms with Crippen LogP contribution in [0.1, 0.15) is 117 Å². The van der Waals surface area contributed by atoms with Gasteiger partial charge in [-0.25, -0.2) is 0 Å². The van der Waals surface area contributed by atoms with E-state index in [1.54, 1.807) is 0 Å². The number of hydrogen-bond donors (Lipinski definition) is 5. The molecule has 5 atom stereocenters. The lowest BCUT2D eigenvalue weighted by molar-refractivity contribution is -0.177. The van der Waals surface area contributed by atoms with E-state index < -0.39 is 43.6 Å². The lowest BCUT2D eigenvalue weighted by atomic mass is 10.0. The third-order valence-electron chi connectivity index (χ3n) is 6.24. The molecular formula is C27H54O8. The number of aliphatic hydroxyl groups excluding tert-OH is 5. The first-order valence-corrected chi connectivity index (χ1v) is 13.9. The average molecular weight is 507 g/mol. The Morgan fingerprint density at radius 1 is 0.771 bits per heavy atom. The summed E-state index contributed by atoms with van der Waals surface area (Å²) < 4.78 is 9.75. The molecule has 0 spiro atoms. The minimum absolute atomic E-state index is 0.148. The number of esters is 1. The smallest absolute Gasteiger partial charge is 0.306 e. The highest BCUT2D eigenvalue weighted by atomic mass is 16.6. The van der Waals surface area contributed by atoms with Crippen molar-refractivity contribution in [1.29, 1.82) is 0 Å². The fourth-order valence-electron chi connectivity index (χ4n) is 3.75. The number of carbonyl (C=O) groups is 1. The summed E-state index contributed by atoms with van der Waals surface area (Å²) in [6, 6.07) is 0. The van der Waals surface area contributed by atoms with Crippen molar-refractivity contribution in [2.24, 2.45) is 0 Å². The van der Waals surface area contributed by atoms with E-state index in [9.17, 15) is 20.1 Å². The molecule has 1 aliphatic heterocycles. The molecule has 8 heteroatoms. The maximum absolute atomic E-state index is 12.0. The molecule has 0 bridgehead atoms. The maximum Gasteiger partial charge on any atom is 0.306 e. The van der Waals surface area contributed by atoms with E-state index in [0.29, 0.717) is 12.5 Å². The summed E-state index contributed by atoms with van der Waals surface area (Å²) in [6.45, 7) is 3.81. The van der Waals surface area contributed by atoms with Crippen LogP contribution in [-0.4, -0.2) is 81.8 Å². The van der Waals surface area contributed by atoms with Gasteiger partial charge in [0.25, 0.3) is 0 Å². The van der Waals surface area contributed by atoms with E-state index in [1.165, 1.54) is 70.6 Å². The van der Waals surface area contributed by atoms with Crippen molar-refractivity contribution in [3.63, 3.8) is 0 Å². The van der Waals surface area contributed by atoms with Crippen molar-refractivity contribution in [1.82, 2.24) is 0 Å². The van der Waals surface area contributed by atoms with Gasteiger partial charge in [0.15, 0.2) is 6.10 Å². The van der Waals surface area contributed by atoms with Gasteiger partial charge < -0.3 is 35.0 Å². The minimum Gasteiger partial charge on any atom is -0.457 e. The quantitative estimate of drug-likeness (QED) is 0.0852. The molecular weight excluding hydrogens is 452 g/mol. The monoisotopic (exact) mass is 506 g/mol. The van der Waals surface area contributed by atoms with E-state index in [4.69, 9.17) is 19.7 Å². The number of aliphatic hydroxyl groups is 5. The zero-order chi connectivity index (χ0) is 26.3. The van der Waals surface area contributed by atoms with Crippen LogP contribution in [0.3, 0.4) is 0 Å². The largest absolute Gasteiger partial charge is 0.457 e. The Kier molecular flexibility index (Phi) is 23.1. The third-order valence-corrected chi connectivity index (χ3v) is 6.24. The summed E-state index contributed by atoms with van der Waals surface area (Å²) in [6.07, 6.45) is 12.9. The number of rotatable bonds is 22. The molecule has 210 valence electrons. The molecule has 0 radical (unpaired) electrons. The fraction of sp³-hybridized carbons (Fsp3) is 0.963. The highest BCUT2D eigenvalue weighted by Gasteiger charge is 2.34. The lowest BCUT2D eigenvalue weighted by Gasteiger charge is -2.28. The lowest BCUT2D eigenvalue weighted by Crippen LogP contribution is -2.49. The Bertz CT molecular complexity index is 472. The molecule has 0 aliphatic carbocycles. The third kappa shape index (κ3) is 21.1. The second kappa shape index (κ2) is 23.6. The summed E-state index contributed by atoms with van der Waals surface area (Å²) in [4.78, 5) is 12.0. The van der Waals surface area contributed by atoms with Gasteiger partial charge in [-0.15, -0.1) is 0 Å². The SMILES string of the molecule is CC1CO1.CCCCCCCCCCCCCCCCCC(=O)O[C@@H]([C@H](O)[C@@H](O)CO)[C@H](O)CO. The Morgan fingerprint density at radius 2 is 1.14 bits per heavy atom. The first-order valence-electron chi connectivity index (χ1n) is 13.9. The van der Waals surface area contributed by atoms with Gasteiger partial charge in [-0.3, -0.25) is 4.79 Å². The van der Waals surface area contributed by atoms with Gasteiger partial charge in [-0.2, -0.15) is 0 Å². The summed E-state index contributed by atoms with van der Waals surface area (Å²) >= 11 is 0. The summed E-state index contributed by atoms with van der Waals surface area (Å²) in [5, 5.41) is 47.0. The summed E-state index contributed by atoms with van der Waals surface area (Å²) in [5.41, 5.74) is 0. The predicted octanol–water partition coefficient (Wildman–Crippen LogP) is 3.63. The van der Waals surface area contributed by atoms with E-state index >= 15 is 0 Å². The van der Waals surface area contributed by atoms with Gasteiger partial charge >= 0.3 is 5.97 Å². The molecule has 1 heterocycles.